The first-order valence-corrected chi connectivity index (χ1v) is 11.1. The van der Waals surface area contributed by atoms with Gasteiger partial charge in [0, 0.05) is 31.8 Å². The van der Waals surface area contributed by atoms with Crippen LogP contribution in [0.4, 0.5) is 0 Å². The zero-order valence-electron chi connectivity index (χ0n) is 17.8. The Morgan fingerprint density at radius 2 is 1.84 bits per heavy atom. The number of aromatic nitrogens is 4. The molecular formula is C24H25N5OS. The summed E-state index contributed by atoms with van der Waals surface area (Å²) in [5.41, 5.74) is 4.42. The van der Waals surface area contributed by atoms with Crippen molar-refractivity contribution in [1.82, 2.24) is 24.4 Å². The Morgan fingerprint density at radius 3 is 2.58 bits per heavy atom. The van der Waals surface area contributed by atoms with Gasteiger partial charge in [-0.2, -0.15) is 0 Å². The lowest BCUT2D eigenvalue weighted by molar-refractivity contribution is -0.119. The van der Waals surface area contributed by atoms with E-state index in [4.69, 9.17) is 0 Å². The van der Waals surface area contributed by atoms with Gasteiger partial charge in [-0.15, -0.1) is 0 Å². The number of hydrogen-bond acceptors (Lipinski definition) is 4. The molecule has 2 aromatic carbocycles. The number of carbonyl (C=O) groups is 1. The molecule has 0 fully saturated rings. The maximum Gasteiger partial charge on any atom is 0.231 e. The normalized spacial score (nSPS) is 12.0. The van der Waals surface area contributed by atoms with Crippen LogP contribution in [0.3, 0.4) is 0 Å². The highest BCUT2D eigenvalue weighted by Crippen LogP contribution is 2.25. The molecule has 0 radical (unpaired) electrons. The van der Waals surface area contributed by atoms with Crippen molar-refractivity contribution in [3.8, 4) is 5.69 Å². The van der Waals surface area contributed by atoms with Crippen molar-refractivity contribution in [2.24, 2.45) is 7.05 Å². The lowest BCUT2D eigenvalue weighted by Crippen LogP contribution is -2.32. The van der Waals surface area contributed by atoms with Gasteiger partial charge in [0.1, 0.15) is 11.9 Å². The minimum atomic E-state index is -0.312. The maximum absolute atomic E-state index is 12.9. The van der Waals surface area contributed by atoms with Crippen molar-refractivity contribution >= 4 is 17.7 Å². The molecule has 0 bridgehead atoms. The lowest BCUT2D eigenvalue weighted by Gasteiger charge is -2.19. The van der Waals surface area contributed by atoms with Crippen molar-refractivity contribution in [3.63, 3.8) is 0 Å². The number of nitrogens with one attached hydrogen (secondary N) is 1. The molecule has 1 amide bonds. The number of hydrogen-bond donors (Lipinski definition) is 1. The Balaban J connectivity index is 1.50. The zero-order valence-corrected chi connectivity index (χ0v) is 18.6. The van der Waals surface area contributed by atoms with Gasteiger partial charge in [0.25, 0.3) is 0 Å². The molecular weight excluding hydrogens is 406 g/mol. The minimum Gasteiger partial charge on any atom is -0.341 e. The van der Waals surface area contributed by atoms with E-state index in [1.54, 1.807) is 12.4 Å². The fourth-order valence-corrected chi connectivity index (χ4v) is 4.27. The Hall–Kier alpha value is -3.32. The number of benzene rings is 2. The van der Waals surface area contributed by atoms with Gasteiger partial charge in [-0.3, -0.25) is 9.36 Å². The van der Waals surface area contributed by atoms with Crippen molar-refractivity contribution in [2.75, 3.05) is 5.75 Å². The van der Waals surface area contributed by atoms with E-state index in [0.717, 1.165) is 27.8 Å². The van der Waals surface area contributed by atoms with Crippen LogP contribution in [0.2, 0.25) is 0 Å². The number of thioether (sulfide) groups is 1. The van der Waals surface area contributed by atoms with Gasteiger partial charge in [-0.25, -0.2) is 9.97 Å². The Morgan fingerprint density at radius 1 is 1.06 bits per heavy atom. The van der Waals surface area contributed by atoms with E-state index in [1.807, 2.05) is 58.9 Å². The molecule has 1 N–H and O–H groups in total. The largest absolute Gasteiger partial charge is 0.341 e. The molecule has 0 aliphatic rings. The smallest absolute Gasteiger partial charge is 0.231 e. The summed E-state index contributed by atoms with van der Waals surface area (Å²) in [4.78, 5) is 21.8. The molecule has 0 aliphatic heterocycles. The number of imidazole rings is 2. The maximum atomic E-state index is 12.9. The summed E-state index contributed by atoms with van der Waals surface area (Å²) in [6.45, 7) is 4.15. The molecule has 0 spiro atoms. The van der Waals surface area contributed by atoms with Gasteiger partial charge in [-0.1, -0.05) is 54.2 Å². The highest BCUT2D eigenvalue weighted by atomic mass is 32.2. The molecule has 0 saturated carbocycles. The topological polar surface area (TPSA) is 64.7 Å². The summed E-state index contributed by atoms with van der Waals surface area (Å²) in [5.74, 6) is 0.981. The molecule has 7 heteroatoms. The highest BCUT2D eigenvalue weighted by Gasteiger charge is 2.21. The van der Waals surface area contributed by atoms with E-state index >= 15 is 0 Å². The van der Waals surface area contributed by atoms with Gasteiger partial charge in [0.15, 0.2) is 5.16 Å². The van der Waals surface area contributed by atoms with E-state index in [-0.39, 0.29) is 17.7 Å². The number of nitrogens with zero attached hydrogens (tertiary/aromatic N) is 4. The highest BCUT2D eigenvalue weighted by molar-refractivity contribution is 7.99. The van der Waals surface area contributed by atoms with Crippen molar-refractivity contribution in [2.45, 2.75) is 25.0 Å². The van der Waals surface area contributed by atoms with Crippen LogP contribution in [0.1, 0.15) is 28.6 Å². The summed E-state index contributed by atoms with van der Waals surface area (Å²) < 4.78 is 3.96. The van der Waals surface area contributed by atoms with Gasteiger partial charge in [0.05, 0.1) is 11.4 Å². The van der Waals surface area contributed by atoms with Gasteiger partial charge >= 0.3 is 0 Å². The van der Waals surface area contributed by atoms with E-state index in [2.05, 4.69) is 47.3 Å². The molecule has 1 atom stereocenters. The quantitative estimate of drug-likeness (QED) is 0.445. The summed E-state index contributed by atoms with van der Waals surface area (Å²) in [5, 5.41) is 3.93. The second-order valence-corrected chi connectivity index (χ2v) is 8.41. The van der Waals surface area contributed by atoms with Crippen LogP contribution >= 0.6 is 11.8 Å². The van der Waals surface area contributed by atoms with Crippen LogP contribution < -0.4 is 5.32 Å². The van der Waals surface area contributed by atoms with Crippen LogP contribution in [-0.4, -0.2) is 30.8 Å². The number of amides is 1. The second kappa shape index (κ2) is 9.22. The number of rotatable bonds is 7. The van der Waals surface area contributed by atoms with Crippen molar-refractivity contribution < 1.29 is 4.79 Å². The van der Waals surface area contributed by atoms with Crippen molar-refractivity contribution in [3.05, 3.63) is 95.8 Å². The van der Waals surface area contributed by atoms with Gasteiger partial charge in [0.2, 0.25) is 5.91 Å². The van der Waals surface area contributed by atoms with Crippen LogP contribution in [0, 0.1) is 13.8 Å². The van der Waals surface area contributed by atoms with E-state index in [0.29, 0.717) is 0 Å². The molecule has 2 aromatic heterocycles. The number of carbonyl (C=O) groups excluding carboxylic acids is 1. The average molecular weight is 432 g/mol. The molecule has 31 heavy (non-hydrogen) atoms. The Labute approximate surface area is 186 Å². The number of aryl methyl sites for hydroxylation is 3. The standard InChI is InChI=1S/C24H25N5OS/c1-17-9-10-18(2)20(15-17)29-14-12-26-24(29)31-16-21(30)27-22(19-7-5-4-6-8-19)23-25-11-13-28(23)3/h4-15,22H,16H2,1-3H3,(H,27,30). The third-order valence-electron chi connectivity index (χ3n) is 5.12. The zero-order chi connectivity index (χ0) is 21.8. The van der Waals surface area contributed by atoms with E-state index in [9.17, 15) is 4.79 Å². The molecule has 0 aliphatic carbocycles. The van der Waals surface area contributed by atoms with Crippen molar-refractivity contribution in [1.29, 1.82) is 0 Å². The first kappa shape index (κ1) is 20.9. The van der Waals surface area contributed by atoms with Crippen LogP contribution in [0.5, 0.6) is 0 Å². The van der Waals surface area contributed by atoms with Crippen LogP contribution in [-0.2, 0) is 11.8 Å². The summed E-state index contributed by atoms with van der Waals surface area (Å²) in [6.07, 6.45) is 7.33. The lowest BCUT2D eigenvalue weighted by atomic mass is 10.1. The fourth-order valence-electron chi connectivity index (χ4n) is 3.49. The molecule has 0 saturated heterocycles. The average Bonchev–Trinajstić information content (AvgIpc) is 3.41. The summed E-state index contributed by atoms with van der Waals surface area (Å²) in [7, 11) is 1.93. The molecule has 6 nitrogen and oxygen atoms in total. The van der Waals surface area contributed by atoms with Crippen LogP contribution in [0.25, 0.3) is 5.69 Å². The summed E-state index contributed by atoms with van der Waals surface area (Å²) >= 11 is 1.42. The van der Waals surface area contributed by atoms with Gasteiger partial charge in [-0.05, 0) is 36.6 Å². The van der Waals surface area contributed by atoms with E-state index < -0.39 is 0 Å². The minimum absolute atomic E-state index is 0.0719. The molecule has 4 aromatic rings. The first-order valence-electron chi connectivity index (χ1n) is 10.1. The predicted molar refractivity (Wildman–Crippen MR) is 123 cm³/mol. The van der Waals surface area contributed by atoms with E-state index in [1.165, 1.54) is 17.3 Å². The molecule has 158 valence electrons. The van der Waals surface area contributed by atoms with Crippen LogP contribution in [0.15, 0.2) is 78.5 Å². The Bertz CT molecular complexity index is 1180. The fraction of sp³-hybridized carbons (Fsp3) is 0.208. The summed E-state index contributed by atoms with van der Waals surface area (Å²) in [6, 6.07) is 15.9. The molecule has 4 rings (SSSR count). The first-order chi connectivity index (χ1) is 15.0. The monoisotopic (exact) mass is 431 g/mol. The molecule has 1 unspecified atom stereocenters. The third-order valence-corrected chi connectivity index (χ3v) is 6.09. The van der Waals surface area contributed by atoms with Gasteiger partial charge < -0.3 is 9.88 Å². The third kappa shape index (κ3) is 4.72. The predicted octanol–water partition coefficient (Wildman–Crippen LogP) is 4.22. The molecule has 2 heterocycles. The second-order valence-electron chi connectivity index (χ2n) is 7.47. The Kier molecular flexibility index (Phi) is 6.23. The SMILES string of the molecule is Cc1ccc(C)c(-n2ccnc2SCC(=O)NC(c2ccccc2)c2nccn2C)c1.